The fourth-order valence-electron chi connectivity index (χ4n) is 1.87. The Balaban J connectivity index is 1.87. The molecule has 23 heavy (non-hydrogen) atoms. The third kappa shape index (κ3) is 5.69. The molecule has 0 aliphatic rings. The molecular weight excluding hydrogens is 382 g/mol. The molecule has 2 rings (SSSR count). The number of rotatable bonds is 5. The smallest absolute Gasteiger partial charge is 0.311 e. The number of carbonyl (C=O) groups is 2. The first-order chi connectivity index (χ1) is 10.9. The van der Waals surface area contributed by atoms with Crippen LogP contribution in [0.2, 0.25) is 5.02 Å². The van der Waals surface area contributed by atoms with Crippen LogP contribution in [0.15, 0.2) is 53.0 Å². The summed E-state index contributed by atoms with van der Waals surface area (Å²) in [5.41, 5.74) is 1.37. The molecule has 1 N–H and O–H groups in total. The number of carbonyl (C=O) groups excluding carboxylic acids is 2. The van der Waals surface area contributed by atoms with Crippen LogP contribution in [0.4, 0.5) is 5.69 Å². The lowest BCUT2D eigenvalue weighted by atomic mass is 10.1. The molecule has 0 saturated carbocycles. The molecule has 2 aromatic rings. The van der Waals surface area contributed by atoms with E-state index in [2.05, 4.69) is 21.2 Å². The number of ether oxygens (including phenoxy) is 1. The van der Waals surface area contributed by atoms with E-state index in [0.29, 0.717) is 10.7 Å². The van der Waals surface area contributed by atoms with Crippen LogP contribution in [0.5, 0.6) is 0 Å². The summed E-state index contributed by atoms with van der Waals surface area (Å²) in [6.45, 7) is 1.53. The summed E-state index contributed by atoms with van der Waals surface area (Å²) in [6.07, 6.45) is -0.779. The van der Waals surface area contributed by atoms with E-state index in [1.54, 1.807) is 24.3 Å². The molecule has 0 bridgehead atoms. The number of anilines is 1. The van der Waals surface area contributed by atoms with Crippen LogP contribution < -0.4 is 5.32 Å². The molecule has 0 radical (unpaired) electrons. The molecule has 1 unspecified atom stereocenters. The average molecular weight is 397 g/mol. The minimum absolute atomic E-state index is 0.113. The van der Waals surface area contributed by atoms with Crippen molar-refractivity contribution in [2.75, 3.05) is 5.32 Å². The molecule has 0 aliphatic carbocycles. The van der Waals surface area contributed by atoms with Crippen molar-refractivity contribution in [3.63, 3.8) is 0 Å². The maximum Gasteiger partial charge on any atom is 0.311 e. The van der Waals surface area contributed by atoms with Crippen molar-refractivity contribution in [2.45, 2.75) is 19.4 Å². The number of amides is 1. The van der Waals surface area contributed by atoms with E-state index < -0.39 is 18.0 Å². The van der Waals surface area contributed by atoms with E-state index in [-0.39, 0.29) is 6.42 Å². The van der Waals surface area contributed by atoms with Crippen molar-refractivity contribution in [1.82, 2.24) is 0 Å². The maximum atomic E-state index is 12.0. The summed E-state index contributed by atoms with van der Waals surface area (Å²) in [5.74, 6) is -0.863. The Morgan fingerprint density at radius 1 is 1.22 bits per heavy atom. The quantitative estimate of drug-likeness (QED) is 0.770. The van der Waals surface area contributed by atoms with Gasteiger partial charge in [0, 0.05) is 15.2 Å². The lowest BCUT2D eigenvalue weighted by molar-refractivity contribution is -0.152. The van der Waals surface area contributed by atoms with Gasteiger partial charge in [-0.2, -0.15) is 0 Å². The van der Waals surface area contributed by atoms with Gasteiger partial charge < -0.3 is 10.1 Å². The van der Waals surface area contributed by atoms with Crippen molar-refractivity contribution in [1.29, 1.82) is 0 Å². The third-order valence-corrected chi connectivity index (χ3v) is 3.80. The highest BCUT2D eigenvalue weighted by Crippen LogP contribution is 2.15. The van der Waals surface area contributed by atoms with Gasteiger partial charge in [-0.1, -0.05) is 45.7 Å². The van der Waals surface area contributed by atoms with Crippen molar-refractivity contribution < 1.29 is 14.3 Å². The Hall–Kier alpha value is -1.85. The van der Waals surface area contributed by atoms with Gasteiger partial charge >= 0.3 is 5.97 Å². The molecule has 2 aromatic carbocycles. The highest BCUT2D eigenvalue weighted by molar-refractivity contribution is 9.10. The van der Waals surface area contributed by atoms with E-state index in [0.717, 1.165) is 10.0 Å². The van der Waals surface area contributed by atoms with Gasteiger partial charge in [0.15, 0.2) is 6.10 Å². The van der Waals surface area contributed by atoms with E-state index in [1.165, 1.54) is 6.92 Å². The molecular formula is C17H15BrClNO3. The highest BCUT2D eigenvalue weighted by Gasteiger charge is 2.18. The van der Waals surface area contributed by atoms with E-state index in [1.807, 2.05) is 24.3 Å². The predicted octanol–water partition coefficient (Wildman–Crippen LogP) is 4.22. The standard InChI is InChI=1S/C17H15BrClNO3/c1-11(17(22)20-15-4-2-3-14(19)10-15)23-16(21)9-12-5-7-13(18)8-6-12/h2-8,10-11H,9H2,1H3,(H,20,22). The van der Waals surface area contributed by atoms with Crippen molar-refractivity contribution >= 4 is 45.1 Å². The van der Waals surface area contributed by atoms with Crippen LogP contribution in [0, 0.1) is 0 Å². The highest BCUT2D eigenvalue weighted by atomic mass is 79.9. The zero-order chi connectivity index (χ0) is 16.8. The predicted molar refractivity (Wildman–Crippen MR) is 93.5 cm³/mol. The Kier molecular flexibility index (Phi) is 6.19. The molecule has 0 saturated heterocycles. The van der Waals surface area contributed by atoms with Crippen LogP contribution in [0.3, 0.4) is 0 Å². The summed E-state index contributed by atoms with van der Waals surface area (Å²) < 4.78 is 6.09. The van der Waals surface area contributed by atoms with Crippen LogP contribution in [0.25, 0.3) is 0 Å². The van der Waals surface area contributed by atoms with Gasteiger partial charge in [0.2, 0.25) is 0 Å². The molecule has 0 aromatic heterocycles. The summed E-state index contributed by atoms with van der Waals surface area (Å²) in [6, 6.07) is 14.1. The molecule has 1 atom stereocenters. The lowest BCUT2D eigenvalue weighted by Crippen LogP contribution is -2.30. The zero-order valence-corrected chi connectivity index (χ0v) is 14.7. The number of halogens is 2. The van der Waals surface area contributed by atoms with Crippen molar-refractivity contribution in [3.05, 3.63) is 63.6 Å². The first-order valence-corrected chi connectivity index (χ1v) is 8.11. The lowest BCUT2D eigenvalue weighted by Gasteiger charge is -2.13. The van der Waals surface area contributed by atoms with Crippen molar-refractivity contribution in [2.24, 2.45) is 0 Å². The summed E-state index contributed by atoms with van der Waals surface area (Å²) in [4.78, 5) is 23.9. The number of hydrogen-bond acceptors (Lipinski definition) is 3. The molecule has 1 amide bonds. The van der Waals surface area contributed by atoms with Crippen LogP contribution in [0.1, 0.15) is 12.5 Å². The number of nitrogens with one attached hydrogen (secondary N) is 1. The van der Waals surface area contributed by atoms with E-state index in [9.17, 15) is 9.59 Å². The first-order valence-electron chi connectivity index (χ1n) is 6.94. The van der Waals surface area contributed by atoms with Crippen LogP contribution in [-0.4, -0.2) is 18.0 Å². The normalized spacial score (nSPS) is 11.6. The fourth-order valence-corrected chi connectivity index (χ4v) is 2.33. The average Bonchev–Trinajstić information content (AvgIpc) is 2.49. The van der Waals surface area contributed by atoms with E-state index in [4.69, 9.17) is 16.3 Å². The Morgan fingerprint density at radius 2 is 1.91 bits per heavy atom. The monoisotopic (exact) mass is 395 g/mol. The molecule has 0 fully saturated rings. The minimum Gasteiger partial charge on any atom is -0.452 e. The molecule has 0 aliphatic heterocycles. The second kappa shape index (κ2) is 8.13. The number of hydrogen-bond donors (Lipinski definition) is 1. The minimum atomic E-state index is -0.892. The first kappa shape index (κ1) is 17.5. The fraction of sp³-hybridized carbons (Fsp3) is 0.176. The zero-order valence-electron chi connectivity index (χ0n) is 12.4. The largest absolute Gasteiger partial charge is 0.452 e. The molecule has 120 valence electrons. The van der Waals surface area contributed by atoms with Gasteiger partial charge in [-0.15, -0.1) is 0 Å². The summed E-state index contributed by atoms with van der Waals surface area (Å²) in [5, 5.41) is 3.17. The van der Waals surface area contributed by atoms with Gasteiger partial charge in [-0.25, -0.2) is 0 Å². The second-order valence-corrected chi connectivity index (χ2v) is 6.29. The van der Waals surface area contributed by atoms with Gasteiger partial charge in [0.05, 0.1) is 6.42 Å². The van der Waals surface area contributed by atoms with Gasteiger partial charge in [0.1, 0.15) is 0 Å². The third-order valence-electron chi connectivity index (χ3n) is 3.03. The van der Waals surface area contributed by atoms with Gasteiger partial charge in [0.25, 0.3) is 5.91 Å². The number of esters is 1. The van der Waals surface area contributed by atoms with Crippen molar-refractivity contribution in [3.8, 4) is 0 Å². The molecule has 4 nitrogen and oxygen atoms in total. The second-order valence-electron chi connectivity index (χ2n) is 4.93. The Morgan fingerprint density at radius 3 is 2.57 bits per heavy atom. The Labute approximate surface area is 147 Å². The maximum absolute atomic E-state index is 12.0. The summed E-state index contributed by atoms with van der Waals surface area (Å²) >= 11 is 9.18. The topological polar surface area (TPSA) is 55.4 Å². The number of benzene rings is 2. The van der Waals surface area contributed by atoms with E-state index >= 15 is 0 Å². The molecule has 6 heteroatoms. The SMILES string of the molecule is CC(OC(=O)Cc1ccc(Br)cc1)C(=O)Nc1cccc(Cl)c1. The van der Waals surface area contributed by atoms with Gasteiger partial charge in [-0.05, 0) is 42.8 Å². The van der Waals surface area contributed by atoms with Crippen LogP contribution in [-0.2, 0) is 20.7 Å². The molecule has 0 spiro atoms. The Bertz CT molecular complexity index is 703. The molecule has 0 heterocycles. The van der Waals surface area contributed by atoms with Gasteiger partial charge in [-0.3, -0.25) is 9.59 Å². The summed E-state index contributed by atoms with van der Waals surface area (Å²) in [7, 11) is 0. The van der Waals surface area contributed by atoms with Crippen LogP contribution >= 0.6 is 27.5 Å².